The summed E-state index contributed by atoms with van der Waals surface area (Å²) in [6, 6.07) is 8.20. The van der Waals surface area contributed by atoms with Crippen LogP contribution in [0.4, 0.5) is 14.5 Å². The number of rotatable bonds is 6. The number of carbonyl (C=O) groups is 2. The molecule has 0 fully saturated rings. The molecule has 162 valence electrons. The summed E-state index contributed by atoms with van der Waals surface area (Å²) in [7, 11) is 0. The van der Waals surface area contributed by atoms with E-state index in [2.05, 4.69) is 14.9 Å². The molecule has 0 aliphatic heterocycles. The van der Waals surface area contributed by atoms with Gasteiger partial charge in [0.05, 0.1) is 4.88 Å². The molecule has 9 heteroatoms. The second-order valence-corrected chi connectivity index (χ2v) is 8.33. The number of nitrogens with zero attached hydrogens (tertiary/aromatic N) is 3. The molecule has 1 atom stereocenters. The molecule has 3 aromatic rings. The molecular weight excluding hydrogens is 422 g/mol. The number of aromatic nitrogens is 2. The minimum atomic E-state index is -1.39. The highest BCUT2D eigenvalue weighted by atomic mass is 32.1. The number of carbonyl (C=O) groups excluding carboxylic acids is 2. The Kier molecular flexibility index (Phi) is 6.74. The Morgan fingerprint density at radius 3 is 2.35 bits per heavy atom. The Balaban J connectivity index is 2.25. The van der Waals surface area contributed by atoms with E-state index in [9.17, 15) is 18.4 Å². The van der Waals surface area contributed by atoms with Crippen molar-refractivity contribution < 1.29 is 18.4 Å². The zero-order valence-electron chi connectivity index (χ0n) is 17.5. The van der Waals surface area contributed by atoms with E-state index in [0.717, 1.165) is 22.5 Å². The fraction of sp³-hybridized carbons (Fsp3) is 0.273. The normalized spacial score (nSPS) is 12.0. The number of amides is 2. The number of anilines is 1. The SMILES string of the molecule is Cc1ccc(N(C(=O)c2nnsc2C)C(C(=O)NC(C)C)c2ccccc2F)cc1F. The van der Waals surface area contributed by atoms with Crippen LogP contribution in [0.5, 0.6) is 0 Å². The van der Waals surface area contributed by atoms with Crippen molar-refractivity contribution in [2.24, 2.45) is 0 Å². The van der Waals surface area contributed by atoms with Gasteiger partial charge >= 0.3 is 0 Å². The highest BCUT2D eigenvalue weighted by Gasteiger charge is 2.37. The molecular formula is C22H22F2N4O2S. The van der Waals surface area contributed by atoms with Gasteiger partial charge in [0.1, 0.15) is 17.7 Å². The highest BCUT2D eigenvalue weighted by molar-refractivity contribution is 7.05. The average Bonchev–Trinajstić information content (AvgIpc) is 3.14. The monoisotopic (exact) mass is 444 g/mol. The first-order valence-electron chi connectivity index (χ1n) is 9.64. The van der Waals surface area contributed by atoms with E-state index >= 15 is 0 Å². The van der Waals surface area contributed by atoms with E-state index in [4.69, 9.17) is 0 Å². The fourth-order valence-corrected chi connectivity index (χ4v) is 3.58. The van der Waals surface area contributed by atoms with Gasteiger partial charge in [-0.15, -0.1) is 5.10 Å². The van der Waals surface area contributed by atoms with Crippen LogP contribution in [-0.4, -0.2) is 27.4 Å². The lowest BCUT2D eigenvalue weighted by Gasteiger charge is -2.32. The van der Waals surface area contributed by atoms with Gasteiger partial charge in [-0.3, -0.25) is 14.5 Å². The molecule has 1 aromatic heterocycles. The average molecular weight is 445 g/mol. The maximum absolute atomic E-state index is 14.8. The molecule has 0 saturated heterocycles. The molecule has 1 unspecified atom stereocenters. The molecule has 0 aliphatic carbocycles. The highest BCUT2D eigenvalue weighted by Crippen LogP contribution is 2.32. The molecule has 31 heavy (non-hydrogen) atoms. The van der Waals surface area contributed by atoms with Crippen LogP contribution in [-0.2, 0) is 4.79 Å². The largest absolute Gasteiger partial charge is 0.352 e. The third kappa shape index (κ3) is 4.77. The smallest absolute Gasteiger partial charge is 0.281 e. The lowest BCUT2D eigenvalue weighted by Crippen LogP contribution is -2.46. The first-order valence-corrected chi connectivity index (χ1v) is 10.4. The van der Waals surface area contributed by atoms with Crippen molar-refractivity contribution in [2.45, 2.75) is 39.8 Å². The van der Waals surface area contributed by atoms with E-state index in [1.165, 1.54) is 30.3 Å². The van der Waals surface area contributed by atoms with Crippen LogP contribution in [0.15, 0.2) is 42.5 Å². The molecule has 1 N–H and O–H groups in total. The molecule has 0 spiro atoms. The number of halogens is 2. The molecule has 6 nitrogen and oxygen atoms in total. The molecule has 0 aliphatic rings. The Bertz CT molecular complexity index is 1120. The summed E-state index contributed by atoms with van der Waals surface area (Å²) in [4.78, 5) is 28.4. The number of nitrogens with one attached hydrogen (secondary N) is 1. The van der Waals surface area contributed by atoms with E-state index in [1.807, 2.05) is 0 Å². The van der Waals surface area contributed by atoms with Crippen LogP contribution >= 0.6 is 11.5 Å². The van der Waals surface area contributed by atoms with E-state index in [-0.39, 0.29) is 23.0 Å². The van der Waals surface area contributed by atoms with Gasteiger partial charge in [0.2, 0.25) is 5.91 Å². The third-order valence-electron chi connectivity index (χ3n) is 4.64. The van der Waals surface area contributed by atoms with Crippen LogP contribution < -0.4 is 10.2 Å². The minimum absolute atomic E-state index is 0.0178. The first kappa shape index (κ1) is 22.5. The van der Waals surface area contributed by atoms with E-state index in [0.29, 0.717) is 10.4 Å². The Hall–Kier alpha value is -3.20. The molecule has 2 amide bonds. The van der Waals surface area contributed by atoms with Gasteiger partial charge < -0.3 is 5.32 Å². The summed E-state index contributed by atoms with van der Waals surface area (Å²) >= 11 is 1.02. The van der Waals surface area contributed by atoms with Crippen molar-refractivity contribution >= 4 is 29.0 Å². The van der Waals surface area contributed by atoms with Crippen molar-refractivity contribution in [1.29, 1.82) is 0 Å². The van der Waals surface area contributed by atoms with Crippen molar-refractivity contribution in [3.05, 3.63) is 75.8 Å². The van der Waals surface area contributed by atoms with Gasteiger partial charge in [0.15, 0.2) is 5.69 Å². The van der Waals surface area contributed by atoms with Crippen molar-refractivity contribution in [3.8, 4) is 0 Å². The van der Waals surface area contributed by atoms with Crippen molar-refractivity contribution in [3.63, 3.8) is 0 Å². The predicted octanol–water partition coefficient (Wildman–Crippen LogP) is 4.35. The summed E-state index contributed by atoms with van der Waals surface area (Å²) in [5.41, 5.74) is 0.477. The van der Waals surface area contributed by atoms with Gasteiger partial charge in [-0.1, -0.05) is 28.8 Å². The van der Waals surface area contributed by atoms with Crippen LogP contribution in [0.25, 0.3) is 0 Å². The quantitative estimate of drug-likeness (QED) is 0.614. The third-order valence-corrected chi connectivity index (χ3v) is 5.27. The maximum atomic E-state index is 14.8. The van der Waals surface area contributed by atoms with Crippen molar-refractivity contribution in [1.82, 2.24) is 14.9 Å². The zero-order valence-corrected chi connectivity index (χ0v) is 18.3. The Labute approximate surface area is 183 Å². The standard InChI is InChI=1S/C22H22F2N4O2S/c1-12(2)25-21(29)20(16-7-5-6-8-17(16)23)28(15-10-9-13(3)18(24)11-15)22(30)19-14(4)31-27-26-19/h5-12,20H,1-4H3,(H,25,29). The van der Waals surface area contributed by atoms with Crippen LogP contribution in [0.2, 0.25) is 0 Å². The van der Waals surface area contributed by atoms with E-state index in [1.54, 1.807) is 33.8 Å². The summed E-state index contributed by atoms with van der Waals surface area (Å²) in [5, 5.41) is 6.61. The predicted molar refractivity (Wildman–Crippen MR) is 115 cm³/mol. The van der Waals surface area contributed by atoms with E-state index < -0.39 is 29.5 Å². The summed E-state index contributed by atoms with van der Waals surface area (Å²) in [6.45, 7) is 6.75. The molecule has 0 saturated carbocycles. The molecule has 2 aromatic carbocycles. The van der Waals surface area contributed by atoms with Gasteiger partial charge in [-0.2, -0.15) is 0 Å². The maximum Gasteiger partial charge on any atom is 0.281 e. The van der Waals surface area contributed by atoms with Crippen LogP contribution in [0.3, 0.4) is 0 Å². The lowest BCUT2D eigenvalue weighted by atomic mass is 10.0. The second-order valence-electron chi connectivity index (χ2n) is 7.37. The minimum Gasteiger partial charge on any atom is -0.352 e. The summed E-state index contributed by atoms with van der Waals surface area (Å²) in [6.07, 6.45) is 0. The summed E-state index contributed by atoms with van der Waals surface area (Å²) in [5.74, 6) is -2.50. The van der Waals surface area contributed by atoms with Crippen molar-refractivity contribution in [2.75, 3.05) is 4.90 Å². The number of hydrogen-bond donors (Lipinski definition) is 1. The Morgan fingerprint density at radius 1 is 1.06 bits per heavy atom. The zero-order chi connectivity index (χ0) is 22.7. The fourth-order valence-electron chi connectivity index (χ4n) is 3.12. The first-order chi connectivity index (χ1) is 14.7. The molecule has 3 rings (SSSR count). The summed E-state index contributed by atoms with van der Waals surface area (Å²) < 4.78 is 33.1. The topological polar surface area (TPSA) is 75.2 Å². The molecule has 1 heterocycles. The van der Waals surface area contributed by atoms with Crippen LogP contribution in [0.1, 0.15) is 46.4 Å². The number of hydrogen-bond acceptors (Lipinski definition) is 5. The molecule has 0 radical (unpaired) electrons. The van der Waals surface area contributed by atoms with Gasteiger partial charge in [-0.25, -0.2) is 8.78 Å². The Morgan fingerprint density at radius 2 is 1.77 bits per heavy atom. The number of benzene rings is 2. The lowest BCUT2D eigenvalue weighted by molar-refractivity contribution is -0.123. The molecule has 0 bridgehead atoms. The van der Waals surface area contributed by atoms with Gasteiger partial charge in [-0.05, 0) is 63.0 Å². The second kappa shape index (κ2) is 9.30. The van der Waals surface area contributed by atoms with Gasteiger partial charge in [0.25, 0.3) is 5.91 Å². The van der Waals surface area contributed by atoms with Crippen LogP contribution in [0, 0.1) is 25.5 Å². The number of aryl methyl sites for hydroxylation is 2. The van der Waals surface area contributed by atoms with Gasteiger partial charge in [0, 0.05) is 17.3 Å².